The fourth-order valence-corrected chi connectivity index (χ4v) is 4.73. The molecular weight excluding hydrogens is 546 g/mol. The number of amides is 1. The van der Waals surface area contributed by atoms with E-state index in [1.807, 2.05) is 19.3 Å². The zero-order valence-electron chi connectivity index (χ0n) is 19.8. The number of alkyl halides is 6. The first kappa shape index (κ1) is 31.0. The number of aliphatic carboxylic acids is 2. The second-order valence-corrected chi connectivity index (χ2v) is 9.54. The van der Waals surface area contributed by atoms with Gasteiger partial charge in [-0.2, -0.15) is 26.3 Å². The third-order valence-electron chi connectivity index (χ3n) is 5.84. The van der Waals surface area contributed by atoms with Crippen LogP contribution < -0.4 is 5.32 Å². The van der Waals surface area contributed by atoms with Gasteiger partial charge in [0.2, 0.25) is 5.91 Å². The molecule has 1 unspecified atom stereocenters. The van der Waals surface area contributed by atoms with E-state index in [2.05, 4.69) is 37.7 Å². The molecule has 2 aromatic heterocycles. The SMILES string of the molecule is Cc1nc(CN2CCC3(CC2)NC(=O)CC3c2ccncc2)cs1.O=C(O)C(F)(F)F.O=C(O)C(F)(F)F. The van der Waals surface area contributed by atoms with Gasteiger partial charge in [0.05, 0.1) is 10.7 Å². The molecule has 0 bridgehead atoms. The molecule has 4 heterocycles. The molecule has 1 amide bonds. The Labute approximate surface area is 216 Å². The van der Waals surface area contributed by atoms with Crippen molar-refractivity contribution in [1.29, 1.82) is 0 Å². The van der Waals surface area contributed by atoms with Gasteiger partial charge in [0, 0.05) is 55.3 Å². The van der Waals surface area contributed by atoms with Crippen molar-refractivity contribution in [1.82, 2.24) is 20.2 Å². The van der Waals surface area contributed by atoms with Crippen LogP contribution in [0.3, 0.4) is 0 Å². The summed E-state index contributed by atoms with van der Waals surface area (Å²) in [6.45, 7) is 4.96. The average Bonchev–Trinajstić information content (AvgIpc) is 3.37. The highest BCUT2D eigenvalue weighted by Gasteiger charge is 2.48. The lowest BCUT2D eigenvalue weighted by Gasteiger charge is -2.42. The van der Waals surface area contributed by atoms with Crippen LogP contribution in [0, 0.1) is 6.92 Å². The number of aromatic nitrogens is 2. The summed E-state index contributed by atoms with van der Waals surface area (Å²) < 4.78 is 63.5. The van der Waals surface area contributed by atoms with Gasteiger partial charge in [0.15, 0.2) is 0 Å². The van der Waals surface area contributed by atoms with Gasteiger partial charge in [0.25, 0.3) is 0 Å². The number of nitrogens with zero attached hydrogens (tertiary/aromatic N) is 3. The predicted octanol–water partition coefficient (Wildman–Crippen LogP) is 3.75. The van der Waals surface area contributed by atoms with Gasteiger partial charge >= 0.3 is 24.3 Å². The maximum Gasteiger partial charge on any atom is 0.490 e. The van der Waals surface area contributed by atoms with Gasteiger partial charge in [-0.15, -0.1) is 11.3 Å². The summed E-state index contributed by atoms with van der Waals surface area (Å²) in [5, 5.41) is 20.8. The molecule has 2 fully saturated rings. The van der Waals surface area contributed by atoms with Crippen molar-refractivity contribution < 1.29 is 50.9 Å². The zero-order valence-corrected chi connectivity index (χ0v) is 20.7. The monoisotopic (exact) mass is 570 g/mol. The number of piperidine rings is 1. The molecule has 210 valence electrons. The summed E-state index contributed by atoms with van der Waals surface area (Å²) in [4.78, 5) is 41.0. The number of hydrogen-bond donors (Lipinski definition) is 3. The molecule has 0 radical (unpaired) electrons. The van der Waals surface area contributed by atoms with Crippen molar-refractivity contribution in [2.75, 3.05) is 13.1 Å². The molecule has 2 aromatic rings. The molecule has 16 heteroatoms. The van der Waals surface area contributed by atoms with Crippen molar-refractivity contribution in [3.63, 3.8) is 0 Å². The van der Waals surface area contributed by atoms with Crippen LogP contribution in [0.5, 0.6) is 0 Å². The molecule has 2 aliphatic heterocycles. The molecule has 1 atom stereocenters. The van der Waals surface area contributed by atoms with Crippen LogP contribution in [0.15, 0.2) is 29.9 Å². The molecule has 0 saturated carbocycles. The first-order chi connectivity index (χ1) is 17.5. The van der Waals surface area contributed by atoms with E-state index in [1.165, 1.54) is 5.56 Å². The van der Waals surface area contributed by atoms with E-state index >= 15 is 0 Å². The number of thiazole rings is 1. The Hall–Kier alpha value is -3.27. The van der Waals surface area contributed by atoms with Crippen LogP contribution in [0.2, 0.25) is 0 Å². The third-order valence-corrected chi connectivity index (χ3v) is 6.66. The van der Waals surface area contributed by atoms with Gasteiger partial charge in [0.1, 0.15) is 0 Å². The summed E-state index contributed by atoms with van der Waals surface area (Å²) in [5.74, 6) is -5.07. The van der Waals surface area contributed by atoms with Gasteiger partial charge in [-0.1, -0.05) is 0 Å². The number of halogens is 6. The fourth-order valence-electron chi connectivity index (χ4n) is 4.12. The van der Waals surface area contributed by atoms with Crippen molar-refractivity contribution in [3.8, 4) is 0 Å². The smallest absolute Gasteiger partial charge is 0.475 e. The summed E-state index contributed by atoms with van der Waals surface area (Å²) in [6, 6.07) is 4.11. The Bertz CT molecular complexity index is 1080. The van der Waals surface area contributed by atoms with E-state index in [0.717, 1.165) is 43.2 Å². The highest BCUT2D eigenvalue weighted by Crippen LogP contribution is 2.43. The fraction of sp³-hybridized carbons (Fsp3) is 0.500. The Morgan fingerprint density at radius 1 is 1.08 bits per heavy atom. The van der Waals surface area contributed by atoms with Crippen LogP contribution in [0.25, 0.3) is 0 Å². The van der Waals surface area contributed by atoms with E-state index in [-0.39, 0.29) is 17.4 Å². The molecule has 4 rings (SSSR count). The summed E-state index contributed by atoms with van der Waals surface area (Å²) in [6.07, 6.45) is -3.93. The minimum Gasteiger partial charge on any atom is -0.475 e. The van der Waals surface area contributed by atoms with Gasteiger partial charge < -0.3 is 15.5 Å². The molecule has 0 aliphatic carbocycles. The Morgan fingerprint density at radius 3 is 2.00 bits per heavy atom. The first-order valence-electron chi connectivity index (χ1n) is 11.0. The number of carboxylic acid groups (broad SMARTS) is 2. The molecule has 3 N–H and O–H groups in total. The standard InChI is InChI=1S/C18H22N4OS.2C2HF3O2/c1-13-20-15(12-24-13)11-22-8-4-18(5-9-22)16(10-17(23)21-18)14-2-6-19-7-3-14;2*3-2(4,5)1(6)7/h2-3,6-7,12,16H,4-5,8-11H2,1H3,(H,21,23);2*(H,6,7). The molecule has 2 aliphatic rings. The first-order valence-corrected chi connectivity index (χ1v) is 11.9. The number of likely N-dealkylation sites (tertiary alicyclic amines) is 1. The Balaban J connectivity index is 0.000000301. The van der Waals surface area contributed by atoms with E-state index in [0.29, 0.717) is 6.42 Å². The van der Waals surface area contributed by atoms with Gasteiger partial charge in [-0.05, 0) is 37.5 Å². The topological polar surface area (TPSA) is 133 Å². The normalized spacial score (nSPS) is 19.0. The van der Waals surface area contributed by atoms with E-state index in [1.54, 1.807) is 11.3 Å². The van der Waals surface area contributed by atoms with E-state index in [9.17, 15) is 31.1 Å². The van der Waals surface area contributed by atoms with Crippen LogP contribution >= 0.6 is 11.3 Å². The average molecular weight is 571 g/mol. The van der Waals surface area contributed by atoms with E-state index < -0.39 is 24.3 Å². The van der Waals surface area contributed by atoms with Crippen molar-refractivity contribution in [3.05, 3.63) is 46.2 Å². The van der Waals surface area contributed by atoms with Crippen molar-refractivity contribution >= 4 is 29.2 Å². The molecule has 9 nitrogen and oxygen atoms in total. The lowest BCUT2D eigenvalue weighted by molar-refractivity contribution is -0.193. The lowest BCUT2D eigenvalue weighted by Crippen LogP contribution is -2.53. The summed E-state index contributed by atoms with van der Waals surface area (Å²) in [5.41, 5.74) is 2.30. The van der Waals surface area contributed by atoms with Crippen molar-refractivity contribution in [2.45, 2.75) is 56.5 Å². The number of pyridine rings is 1. The number of hydrogen-bond acceptors (Lipinski definition) is 7. The van der Waals surface area contributed by atoms with Crippen LogP contribution in [-0.4, -0.2) is 73.9 Å². The van der Waals surface area contributed by atoms with Crippen molar-refractivity contribution in [2.24, 2.45) is 0 Å². The van der Waals surface area contributed by atoms with E-state index in [4.69, 9.17) is 19.8 Å². The largest absolute Gasteiger partial charge is 0.490 e. The minimum absolute atomic E-state index is 0.0903. The number of carbonyl (C=O) groups is 3. The highest BCUT2D eigenvalue weighted by molar-refractivity contribution is 7.09. The van der Waals surface area contributed by atoms with Crippen LogP contribution in [0.4, 0.5) is 26.3 Å². The lowest BCUT2D eigenvalue weighted by atomic mass is 9.74. The number of carbonyl (C=O) groups excluding carboxylic acids is 1. The second-order valence-electron chi connectivity index (χ2n) is 8.48. The Kier molecular flexibility index (Phi) is 10.2. The Morgan fingerprint density at radius 2 is 1.58 bits per heavy atom. The number of carboxylic acids is 2. The number of nitrogens with one attached hydrogen (secondary N) is 1. The van der Waals surface area contributed by atoms with Gasteiger partial charge in [-0.3, -0.25) is 14.7 Å². The number of rotatable bonds is 3. The molecular formula is C22H24F6N4O5S. The molecule has 2 saturated heterocycles. The van der Waals surface area contributed by atoms with Crippen LogP contribution in [0.1, 0.15) is 41.4 Å². The maximum atomic E-state index is 12.1. The van der Waals surface area contributed by atoms with Gasteiger partial charge in [-0.25, -0.2) is 14.6 Å². The summed E-state index contributed by atoms with van der Waals surface area (Å²) >= 11 is 1.71. The predicted molar refractivity (Wildman–Crippen MR) is 121 cm³/mol. The highest BCUT2D eigenvalue weighted by atomic mass is 32.1. The maximum absolute atomic E-state index is 12.1. The molecule has 0 aromatic carbocycles. The van der Waals surface area contributed by atoms with Crippen LogP contribution in [-0.2, 0) is 20.9 Å². The third kappa shape index (κ3) is 8.93. The number of aryl methyl sites for hydroxylation is 1. The minimum atomic E-state index is -5.08. The zero-order chi connectivity index (χ0) is 28.7. The molecule has 38 heavy (non-hydrogen) atoms. The molecule has 1 spiro atoms. The second kappa shape index (κ2) is 12.5. The summed E-state index contributed by atoms with van der Waals surface area (Å²) in [7, 11) is 0. The quantitative estimate of drug-likeness (QED) is 0.476.